The maximum atomic E-state index is 11.8. The minimum Gasteiger partial charge on any atom is -0.368 e. The topological polar surface area (TPSA) is 72.2 Å². The molecule has 0 spiro atoms. The van der Waals surface area contributed by atoms with Gasteiger partial charge in [-0.1, -0.05) is 60.7 Å². The van der Waals surface area contributed by atoms with Gasteiger partial charge in [-0.25, -0.2) is 0 Å². The maximum absolute atomic E-state index is 11.8. The number of rotatable bonds is 5. The van der Waals surface area contributed by atoms with Crippen LogP contribution in [-0.4, -0.2) is 17.9 Å². The lowest BCUT2D eigenvalue weighted by Crippen LogP contribution is -2.47. The molecule has 0 unspecified atom stereocenters. The molecule has 4 nitrogen and oxygen atoms in total. The molecule has 2 amide bonds. The van der Waals surface area contributed by atoms with E-state index < -0.39 is 11.9 Å². The Morgan fingerprint density at radius 1 is 0.905 bits per heavy atom. The van der Waals surface area contributed by atoms with Gasteiger partial charge in [0.05, 0.1) is 0 Å². The predicted octanol–water partition coefficient (Wildman–Crippen LogP) is 1.81. The van der Waals surface area contributed by atoms with Crippen LogP contribution in [0.15, 0.2) is 60.7 Å². The second kappa shape index (κ2) is 6.70. The van der Waals surface area contributed by atoms with Crippen molar-refractivity contribution in [3.8, 4) is 0 Å². The molecule has 0 aromatic heterocycles. The fraction of sp³-hybridized carbons (Fsp3) is 0.176. The summed E-state index contributed by atoms with van der Waals surface area (Å²) in [6.45, 7) is 1.38. The van der Waals surface area contributed by atoms with E-state index in [0.29, 0.717) is 0 Å². The van der Waals surface area contributed by atoms with E-state index in [1.165, 1.54) is 6.92 Å². The molecule has 0 aliphatic carbocycles. The summed E-state index contributed by atoms with van der Waals surface area (Å²) < 4.78 is 0. The summed E-state index contributed by atoms with van der Waals surface area (Å²) >= 11 is 0. The smallest absolute Gasteiger partial charge is 0.240 e. The molecular weight excluding hydrogens is 264 g/mol. The third-order valence-electron chi connectivity index (χ3n) is 3.32. The standard InChI is InChI=1S/C17H18N2O2/c1-12(20)19-16(17(18)21)15(13-8-4-2-5-9-13)14-10-6-3-7-11-14/h2-11,15-16H,1H3,(H2,18,21)(H,19,20)/t16-/m1/s1. The van der Waals surface area contributed by atoms with E-state index in [2.05, 4.69) is 5.32 Å². The number of nitrogens with two attached hydrogens (primary N) is 1. The molecule has 2 rings (SSSR count). The Balaban J connectivity index is 2.49. The van der Waals surface area contributed by atoms with Gasteiger partial charge in [0.1, 0.15) is 6.04 Å². The van der Waals surface area contributed by atoms with Crippen molar-refractivity contribution < 1.29 is 9.59 Å². The van der Waals surface area contributed by atoms with E-state index in [1.807, 2.05) is 60.7 Å². The van der Waals surface area contributed by atoms with Crippen LogP contribution in [-0.2, 0) is 9.59 Å². The Kier molecular flexibility index (Phi) is 4.72. The second-order valence-electron chi connectivity index (χ2n) is 4.88. The fourth-order valence-corrected chi connectivity index (χ4v) is 2.44. The van der Waals surface area contributed by atoms with Crippen molar-refractivity contribution in [1.82, 2.24) is 5.32 Å². The average molecular weight is 282 g/mol. The summed E-state index contributed by atoms with van der Waals surface area (Å²) in [5, 5.41) is 2.66. The number of amides is 2. The third kappa shape index (κ3) is 3.69. The molecule has 4 heteroatoms. The van der Waals surface area contributed by atoms with E-state index in [9.17, 15) is 9.59 Å². The summed E-state index contributed by atoms with van der Waals surface area (Å²) in [6, 6.07) is 18.3. The van der Waals surface area contributed by atoms with Crippen LogP contribution in [0.3, 0.4) is 0 Å². The zero-order chi connectivity index (χ0) is 15.2. The highest BCUT2D eigenvalue weighted by Gasteiger charge is 2.29. The Labute approximate surface area is 124 Å². The normalized spacial score (nSPS) is 11.9. The number of nitrogens with one attached hydrogen (secondary N) is 1. The SMILES string of the molecule is CC(=O)N[C@@H](C(N)=O)C(c1ccccc1)c1ccccc1. The van der Waals surface area contributed by atoms with Crippen molar-refractivity contribution >= 4 is 11.8 Å². The Bertz CT molecular complexity index is 572. The van der Waals surface area contributed by atoms with Gasteiger partial charge in [0.15, 0.2) is 0 Å². The van der Waals surface area contributed by atoms with E-state index in [1.54, 1.807) is 0 Å². The summed E-state index contributed by atoms with van der Waals surface area (Å²) in [4.78, 5) is 23.2. The van der Waals surface area contributed by atoms with Crippen LogP contribution in [0.1, 0.15) is 24.0 Å². The summed E-state index contributed by atoms with van der Waals surface area (Å²) in [5.74, 6) is -1.15. The van der Waals surface area contributed by atoms with E-state index in [-0.39, 0.29) is 11.8 Å². The zero-order valence-electron chi connectivity index (χ0n) is 11.8. The van der Waals surface area contributed by atoms with Gasteiger partial charge < -0.3 is 11.1 Å². The maximum Gasteiger partial charge on any atom is 0.240 e. The molecule has 0 radical (unpaired) electrons. The highest BCUT2D eigenvalue weighted by Crippen LogP contribution is 2.28. The lowest BCUT2D eigenvalue weighted by Gasteiger charge is -2.26. The van der Waals surface area contributed by atoms with Gasteiger partial charge >= 0.3 is 0 Å². The highest BCUT2D eigenvalue weighted by atomic mass is 16.2. The predicted molar refractivity (Wildman–Crippen MR) is 81.5 cm³/mol. The van der Waals surface area contributed by atoms with Crippen molar-refractivity contribution in [2.75, 3.05) is 0 Å². The van der Waals surface area contributed by atoms with Crippen molar-refractivity contribution in [1.29, 1.82) is 0 Å². The first-order valence-corrected chi connectivity index (χ1v) is 6.76. The van der Waals surface area contributed by atoms with E-state index in [4.69, 9.17) is 5.73 Å². The number of benzene rings is 2. The molecule has 0 bridgehead atoms. The molecule has 0 saturated heterocycles. The molecule has 21 heavy (non-hydrogen) atoms. The van der Waals surface area contributed by atoms with Gasteiger partial charge in [0.25, 0.3) is 0 Å². The van der Waals surface area contributed by atoms with Crippen LogP contribution < -0.4 is 11.1 Å². The molecule has 2 aromatic carbocycles. The molecule has 0 heterocycles. The second-order valence-corrected chi connectivity index (χ2v) is 4.88. The summed E-state index contributed by atoms with van der Waals surface area (Å²) in [5.41, 5.74) is 7.37. The van der Waals surface area contributed by atoms with Crippen molar-refractivity contribution in [3.05, 3.63) is 71.8 Å². The third-order valence-corrected chi connectivity index (χ3v) is 3.32. The lowest BCUT2D eigenvalue weighted by atomic mass is 9.84. The quantitative estimate of drug-likeness (QED) is 0.878. The van der Waals surface area contributed by atoms with Crippen molar-refractivity contribution in [3.63, 3.8) is 0 Å². The molecule has 0 aliphatic rings. The summed E-state index contributed by atoms with van der Waals surface area (Å²) in [6.07, 6.45) is 0. The minimum absolute atomic E-state index is 0.282. The van der Waals surface area contributed by atoms with Gasteiger partial charge in [0, 0.05) is 12.8 Å². The molecule has 0 fully saturated rings. The van der Waals surface area contributed by atoms with Crippen LogP contribution in [0.25, 0.3) is 0 Å². The molecule has 0 saturated carbocycles. The number of carbonyl (C=O) groups is 2. The molecular formula is C17H18N2O2. The molecule has 3 N–H and O–H groups in total. The number of hydrogen-bond donors (Lipinski definition) is 2. The fourth-order valence-electron chi connectivity index (χ4n) is 2.44. The van der Waals surface area contributed by atoms with Crippen molar-refractivity contribution in [2.24, 2.45) is 5.73 Å². The monoisotopic (exact) mass is 282 g/mol. The van der Waals surface area contributed by atoms with Gasteiger partial charge in [0.2, 0.25) is 11.8 Å². The number of primary amides is 1. The number of carbonyl (C=O) groups excluding carboxylic acids is 2. The Hall–Kier alpha value is -2.62. The van der Waals surface area contributed by atoms with E-state index >= 15 is 0 Å². The zero-order valence-corrected chi connectivity index (χ0v) is 11.8. The first-order valence-electron chi connectivity index (χ1n) is 6.76. The van der Waals surface area contributed by atoms with Crippen LogP contribution in [0.4, 0.5) is 0 Å². The Morgan fingerprint density at radius 2 is 1.33 bits per heavy atom. The molecule has 108 valence electrons. The lowest BCUT2D eigenvalue weighted by molar-refractivity contribution is -0.126. The first kappa shape index (κ1) is 14.8. The van der Waals surface area contributed by atoms with E-state index in [0.717, 1.165) is 11.1 Å². The number of hydrogen-bond acceptors (Lipinski definition) is 2. The molecule has 2 aromatic rings. The highest BCUT2D eigenvalue weighted by molar-refractivity contribution is 5.87. The van der Waals surface area contributed by atoms with Gasteiger partial charge in [-0.3, -0.25) is 9.59 Å². The van der Waals surface area contributed by atoms with Crippen LogP contribution >= 0.6 is 0 Å². The van der Waals surface area contributed by atoms with Crippen LogP contribution in [0.5, 0.6) is 0 Å². The average Bonchev–Trinajstić information content (AvgIpc) is 2.48. The van der Waals surface area contributed by atoms with Gasteiger partial charge in [-0.2, -0.15) is 0 Å². The van der Waals surface area contributed by atoms with Gasteiger partial charge in [-0.05, 0) is 11.1 Å². The molecule has 1 atom stereocenters. The van der Waals surface area contributed by atoms with Crippen LogP contribution in [0.2, 0.25) is 0 Å². The van der Waals surface area contributed by atoms with Crippen molar-refractivity contribution in [2.45, 2.75) is 18.9 Å². The largest absolute Gasteiger partial charge is 0.368 e. The first-order chi connectivity index (χ1) is 10.1. The summed E-state index contributed by atoms with van der Waals surface area (Å²) in [7, 11) is 0. The minimum atomic E-state index is -0.785. The van der Waals surface area contributed by atoms with Crippen LogP contribution in [0, 0.1) is 0 Å². The molecule has 0 aliphatic heterocycles. The van der Waals surface area contributed by atoms with Gasteiger partial charge in [-0.15, -0.1) is 0 Å². The Morgan fingerprint density at radius 3 is 1.67 bits per heavy atom.